The maximum absolute atomic E-state index is 12.7. The number of nitrogens with zero attached hydrogens (tertiary/aromatic N) is 2. The quantitative estimate of drug-likeness (QED) is 0.505. The number of nitrogens with one attached hydrogen (secondary N) is 3. The van der Waals surface area contributed by atoms with Crippen LogP contribution in [0.5, 0.6) is 0 Å². The second kappa shape index (κ2) is 8.05. The second-order valence-electron chi connectivity index (χ2n) is 8.90. The Kier molecular flexibility index (Phi) is 5.15. The van der Waals surface area contributed by atoms with Crippen molar-refractivity contribution in [3.63, 3.8) is 0 Å². The Morgan fingerprint density at radius 3 is 2.68 bits per heavy atom. The molecule has 5 rings (SSSR count). The molecule has 2 fully saturated rings. The molecule has 1 aromatic carbocycles. The smallest absolute Gasteiger partial charge is 0.330 e. The number of imide groups is 1. The van der Waals surface area contributed by atoms with E-state index in [4.69, 9.17) is 5.11 Å². The number of H-pyrrole nitrogens is 1. The van der Waals surface area contributed by atoms with Gasteiger partial charge in [0.05, 0.1) is 17.7 Å². The lowest BCUT2D eigenvalue weighted by atomic mass is 10.0. The van der Waals surface area contributed by atoms with Crippen molar-refractivity contribution in [1.29, 1.82) is 0 Å². The summed E-state index contributed by atoms with van der Waals surface area (Å²) in [7, 11) is 0. The molecule has 2 aliphatic heterocycles. The van der Waals surface area contributed by atoms with Crippen LogP contribution in [-0.2, 0) is 16.0 Å². The van der Waals surface area contributed by atoms with Crippen molar-refractivity contribution in [3.8, 4) is 0 Å². The van der Waals surface area contributed by atoms with Gasteiger partial charge in [0.1, 0.15) is 0 Å². The van der Waals surface area contributed by atoms with Crippen molar-refractivity contribution >= 4 is 47.0 Å². The number of anilines is 2. The first-order valence-electron chi connectivity index (χ1n) is 11.2. The summed E-state index contributed by atoms with van der Waals surface area (Å²) < 4.78 is 0. The van der Waals surface area contributed by atoms with E-state index >= 15 is 0 Å². The average Bonchev–Trinajstić information content (AvgIpc) is 3.41. The normalized spacial score (nSPS) is 18.5. The van der Waals surface area contributed by atoms with Gasteiger partial charge < -0.3 is 25.6 Å². The molecule has 0 radical (unpaired) electrons. The van der Waals surface area contributed by atoms with Gasteiger partial charge in [-0.3, -0.25) is 9.59 Å². The summed E-state index contributed by atoms with van der Waals surface area (Å²) in [4.78, 5) is 55.1. The number of amides is 5. The minimum atomic E-state index is -0.918. The molecule has 1 aromatic heterocycles. The van der Waals surface area contributed by atoms with E-state index in [0.717, 1.165) is 24.1 Å². The van der Waals surface area contributed by atoms with Crippen molar-refractivity contribution in [1.82, 2.24) is 14.8 Å². The third-order valence-corrected chi connectivity index (χ3v) is 6.58. The van der Waals surface area contributed by atoms with Gasteiger partial charge >= 0.3 is 18.0 Å². The van der Waals surface area contributed by atoms with Crippen LogP contribution in [0.3, 0.4) is 0 Å². The van der Waals surface area contributed by atoms with Crippen LogP contribution in [0.15, 0.2) is 18.2 Å². The molecule has 3 aliphatic rings. The monoisotopic (exact) mass is 463 g/mol. The van der Waals surface area contributed by atoms with E-state index in [1.54, 1.807) is 36.1 Å². The van der Waals surface area contributed by atoms with Crippen LogP contribution in [0.4, 0.5) is 21.0 Å². The Bertz CT molecular complexity index is 1270. The van der Waals surface area contributed by atoms with E-state index < -0.39 is 12.0 Å². The molecular formula is C24H25N5O5. The van der Waals surface area contributed by atoms with Gasteiger partial charge in [0, 0.05) is 41.8 Å². The zero-order chi connectivity index (χ0) is 24.1. The van der Waals surface area contributed by atoms with Gasteiger partial charge in [-0.15, -0.1) is 0 Å². The summed E-state index contributed by atoms with van der Waals surface area (Å²) in [6.07, 6.45) is 3.59. The molecule has 34 heavy (non-hydrogen) atoms. The molecule has 10 heteroatoms. The number of fused-ring (bicyclic) bond motifs is 1. The molecule has 2 aromatic rings. The van der Waals surface area contributed by atoms with Crippen LogP contribution < -0.4 is 10.6 Å². The number of aliphatic carboxylic acids is 1. The second-order valence-corrected chi connectivity index (χ2v) is 8.90. The first kappa shape index (κ1) is 21.7. The fraction of sp³-hybridized carbons (Fsp3) is 0.333. The highest BCUT2D eigenvalue weighted by atomic mass is 16.4. The molecule has 0 spiro atoms. The Hall–Kier alpha value is -4.08. The average molecular weight is 463 g/mol. The predicted octanol–water partition coefficient (Wildman–Crippen LogP) is 3.18. The van der Waals surface area contributed by atoms with Gasteiger partial charge in [-0.05, 0) is 56.0 Å². The fourth-order valence-electron chi connectivity index (χ4n) is 4.59. The lowest BCUT2D eigenvalue weighted by Crippen LogP contribution is -2.39. The molecule has 0 bridgehead atoms. The Labute approximate surface area is 195 Å². The van der Waals surface area contributed by atoms with E-state index in [2.05, 4.69) is 15.6 Å². The summed E-state index contributed by atoms with van der Waals surface area (Å²) in [5.74, 6) is -1.21. The van der Waals surface area contributed by atoms with E-state index in [0.29, 0.717) is 46.9 Å². The zero-order valence-electron chi connectivity index (χ0n) is 18.9. The van der Waals surface area contributed by atoms with Crippen LogP contribution in [0.25, 0.3) is 11.6 Å². The molecule has 1 saturated carbocycles. The molecule has 1 aliphatic carbocycles. The highest BCUT2D eigenvalue weighted by molar-refractivity contribution is 6.35. The number of aromatic amines is 1. The number of carboxylic acid groups (broad SMARTS) is 1. The number of benzene rings is 1. The number of carbonyl (C=O) groups excluding carboxylic acids is 3. The fourth-order valence-corrected chi connectivity index (χ4v) is 4.59. The lowest BCUT2D eigenvalue weighted by molar-refractivity contribution is -0.136. The first-order chi connectivity index (χ1) is 16.2. The zero-order valence-corrected chi connectivity index (χ0v) is 18.9. The number of hydrogen-bond donors (Lipinski definition) is 4. The lowest BCUT2D eigenvalue weighted by Gasteiger charge is -2.17. The number of urea groups is 2. The van der Waals surface area contributed by atoms with E-state index in [-0.39, 0.29) is 24.4 Å². The molecule has 0 unspecified atom stereocenters. The van der Waals surface area contributed by atoms with Crippen molar-refractivity contribution < 1.29 is 24.3 Å². The number of hydrogen-bond acceptors (Lipinski definition) is 4. The van der Waals surface area contributed by atoms with Gasteiger partial charge in [-0.2, -0.15) is 0 Å². The third kappa shape index (κ3) is 3.81. The van der Waals surface area contributed by atoms with Crippen molar-refractivity contribution in [3.05, 3.63) is 46.3 Å². The summed E-state index contributed by atoms with van der Waals surface area (Å²) in [5, 5.41) is 14.7. The van der Waals surface area contributed by atoms with E-state index in [1.165, 1.54) is 4.90 Å². The van der Waals surface area contributed by atoms with Crippen molar-refractivity contribution in [2.45, 2.75) is 39.2 Å². The van der Waals surface area contributed by atoms with E-state index in [9.17, 15) is 19.2 Å². The largest absolute Gasteiger partial charge is 0.481 e. The number of carboxylic acids is 1. The van der Waals surface area contributed by atoms with Gasteiger partial charge in [0.2, 0.25) is 0 Å². The van der Waals surface area contributed by atoms with Gasteiger partial charge in [-0.1, -0.05) is 6.07 Å². The SMILES string of the molecule is Cc1[nH]c(C=C2C(=O)Nc3cc(NC(=O)N4CCN(C5CC5)C4=O)ccc32)c(C)c1CC(=O)O. The number of carbonyl (C=O) groups is 4. The Morgan fingerprint density at radius 2 is 1.97 bits per heavy atom. The van der Waals surface area contributed by atoms with Crippen LogP contribution in [-0.4, -0.2) is 63.0 Å². The summed E-state index contributed by atoms with van der Waals surface area (Å²) in [6.45, 7) is 4.54. The van der Waals surface area contributed by atoms with Gasteiger partial charge in [0.25, 0.3) is 5.91 Å². The Morgan fingerprint density at radius 1 is 1.21 bits per heavy atom. The summed E-state index contributed by atoms with van der Waals surface area (Å²) in [6, 6.07) is 4.59. The van der Waals surface area contributed by atoms with Crippen molar-refractivity contribution in [2.24, 2.45) is 0 Å². The molecule has 3 heterocycles. The van der Waals surface area contributed by atoms with Crippen molar-refractivity contribution in [2.75, 3.05) is 23.7 Å². The molecule has 176 valence electrons. The van der Waals surface area contributed by atoms with Crippen LogP contribution in [0.1, 0.15) is 40.9 Å². The molecule has 10 nitrogen and oxygen atoms in total. The minimum absolute atomic E-state index is 0.0961. The van der Waals surface area contributed by atoms with Gasteiger partial charge in [-0.25, -0.2) is 14.5 Å². The maximum atomic E-state index is 12.7. The molecule has 1 saturated heterocycles. The van der Waals surface area contributed by atoms with Crippen LogP contribution >= 0.6 is 0 Å². The van der Waals surface area contributed by atoms with Crippen LogP contribution in [0, 0.1) is 13.8 Å². The van der Waals surface area contributed by atoms with Crippen LogP contribution in [0.2, 0.25) is 0 Å². The molecule has 4 N–H and O–H groups in total. The van der Waals surface area contributed by atoms with Gasteiger partial charge in [0.15, 0.2) is 0 Å². The molecular weight excluding hydrogens is 438 g/mol. The standard InChI is InChI=1S/C24H25N5O5/c1-12-17(11-21(30)31)13(2)25-19(12)10-18-16-6-3-14(9-20(16)27-22(18)32)26-23(33)29-8-7-28(24(29)34)15-4-5-15/h3,6,9-10,15,25H,4-5,7-8,11H2,1-2H3,(H,26,33)(H,27,32)(H,30,31). The molecule has 5 amide bonds. The Balaban J connectivity index is 1.35. The minimum Gasteiger partial charge on any atom is -0.481 e. The highest BCUT2D eigenvalue weighted by Crippen LogP contribution is 2.36. The van der Waals surface area contributed by atoms with E-state index in [1.807, 2.05) is 6.92 Å². The maximum Gasteiger partial charge on any atom is 0.330 e. The summed E-state index contributed by atoms with van der Waals surface area (Å²) in [5.41, 5.74) is 5.05. The number of aromatic nitrogens is 1. The highest BCUT2D eigenvalue weighted by Gasteiger charge is 2.41. The molecule has 0 atom stereocenters. The number of aryl methyl sites for hydroxylation is 1. The predicted molar refractivity (Wildman–Crippen MR) is 125 cm³/mol. The topological polar surface area (TPSA) is 135 Å². The number of rotatable bonds is 5. The third-order valence-electron chi connectivity index (χ3n) is 6.58. The summed E-state index contributed by atoms with van der Waals surface area (Å²) >= 11 is 0. The first-order valence-corrected chi connectivity index (χ1v) is 11.2.